The van der Waals surface area contributed by atoms with Gasteiger partial charge in [-0.15, -0.1) is 24.8 Å². The molecule has 148 valence electrons. The second kappa shape index (κ2) is 10.9. The van der Waals surface area contributed by atoms with E-state index >= 15 is 0 Å². The summed E-state index contributed by atoms with van der Waals surface area (Å²) in [7, 11) is 1.69. The molecule has 0 radical (unpaired) electrons. The van der Waals surface area contributed by atoms with E-state index in [1.807, 2.05) is 4.90 Å². The van der Waals surface area contributed by atoms with Crippen LogP contribution in [0.2, 0.25) is 0 Å². The Hall–Kier alpha value is -0.110. The van der Waals surface area contributed by atoms with Crippen LogP contribution in [-0.2, 0) is 14.3 Å². The topological polar surface area (TPSA) is 54.0 Å². The summed E-state index contributed by atoms with van der Waals surface area (Å²) in [6, 6.07) is 0. The van der Waals surface area contributed by atoms with Crippen LogP contribution >= 0.6 is 24.8 Å². The molecule has 0 spiro atoms. The molecule has 3 saturated heterocycles. The lowest BCUT2D eigenvalue weighted by Gasteiger charge is -2.42. The molecule has 0 aromatic heterocycles. The van der Waals surface area contributed by atoms with Crippen LogP contribution in [0.4, 0.5) is 0 Å². The van der Waals surface area contributed by atoms with Crippen molar-refractivity contribution in [2.45, 2.75) is 31.3 Å². The minimum atomic E-state index is -0.589. The van der Waals surface area contributed by atoms with Gasteiger partial charge in [0.25, 0.3) is 5.91 Å². The van der Waals surface area contributed by atoms with Crippen molar-refractivity contribution in [3.63, 3.8) is 0 Å². The van der Waals surface area contributed by atoms with Gasteiger partial charge in [0.1, 0.15) is 5.60 Å². The molecule has 1 amide bonds. The first-order valence-electron chi connectivity index (χ1n) is 9.09. The Bertz CT molecular complexity index is 395. The van der Waals surface area contributed by atoms with Gasteiger partial charge in [-0.2, -0.15) is 0 Å². The van der Waals surface area contributed by atoms with Gasteiger partial charge in [-0.1, -0.05) is 0 Å². The molecule has 3 fully saturated rings. The fourth-order valence-electron chi connectivity index (χ4n) is 4.05. The van der Waals surface area contributed by atoms with Gasteiger partial charge in [0.05, 0.1) is 0 Å². The van der Waals surface area contributed by atoms with Gasteiger partial charge in [0.15, 0.2) is 0 Å². The Balaban J connectivity index is 0.00000156. The first kappa shape index (κ1) is 22.9. The summed E-state index contributed by atoms with van der Waals surface area (Å²) in [5.74, 6) is 0.966. The highest BCUT2D eigenvalue weighted by Crippen LogP contribution is 2.26. The number of nitrogens with zero attached hydrogens (tertiary/aromatic N) is 2. The largest absolute Gasteiger partial charge is 0.381 e. The van der Waals surface area contributed by atoms with Gasteiger partial charge in [-0.25, -0.2) is 0 Å². The van der Waals surface area contributed by atoms with Gasteiger partial charge in [-0.05, 0) is 44.7 Å². The van der Waals surface area contributed by atoms with Gasteiger partial charge in [0.2, 0.25) is 0 Å². The number of amides is 1. The number of nitrogens with one attached hydrogen (secondary N) is 1. The predicted octanol–water partition coefficient (Wildman–Crippen LogP) is 1.17. The van der Waals surface area contributed by atoms with E-state index in [1.54, 1.807) is 7.11 Å². The van der Waals surface area contributed by atoms with Crippen LogP contribution in [0, 0.1) is 5.92 Å². The van der Waals surface area contributed by atoms with Crippen molar-refractivity contribution in [2.24, 2.45) is 5.92 Å². The van der Waals surface area contributed by atoms with Gasteiger partial charge >= 0.3 is 0 Å². The first-order chi connectivity index (χ1) is 11.2. The molecule has 3 rings (SSSR count). The summed E-state index contributed by atoms with van der Waals surface area (Å²) in [6.07, 6.45) is 3.92. The third kappa shape index (κ3) is 5.68. The highest BCUT2D eigenvalue weighted by Gasteiger charge is 2.43. The normalized spacial score (nSPS) is 24.9. The van der Waals surface area contributed by atoms with Gasteiger partial charge in [0, 0.05) is 53.0 Å². The standard InChI is InChI=1S/C17H31N3O3.2ClH/c1-22-17(4-6-18-7-5-17)16(21)20-10-8-19(9-11-20)14-15-2-12-23-13-3-15;;/h15,18H,2-14H2,1H3;2*1H. The highest BCUT2D eigenvalue weighted by molar-refractivity contribution is 5.86. The molecule has 25 heavy (non-hydrogen) atoms. The van der Waals surface area contributed by atoms with E-state index in [0.29, 0.717) is 0 Å². The van der Waals surface area contributed by atoms with Crippen molar-refractivity contribution in [1.29, 1.82) is 0 Å². The summed E-state index contributed by atoms with van der Waals surface area (Å²) in [5.41, 5.74) is -0.589. The fraction of sp³-hybridized carbons (Fsp3) is 0.941. The van der Waals surface area contributed by atoms with Crippen LogP contribution in [0.25, 0.3) is 0 Å². The highest BCUT2D eigenvalue weighted by atomic mass is 35.5. The minimum absolute atomic E-state index is 0. The number of ether oxygens (including phenoxy) is 2. The lowest BCUT2D eigenvalue weighted by molar-refractivity contribution is -0.160. The second-order valence-corrected chi connectivity index (χ2v) is 7.10. The second-order valence-electron chi connectivity index (χ2n) is 7.10. The zero-order valence-corrected chi connectivity index (χ0v) is 16.8. The van der Waals surface area contributed by atoms with Crippen LogP contribution in [-0.4, -0.2) is 87.4 Å². The molecule has 6 nitrogen and oxygen atoms in total. The van der Waals surface area contributed by atoms with E-state index < -0.39 is 5.60 Å². The lowest BCUT2D eigenvalue weighted by Crippen LogP contribution is -2.59. The van der Waals surface area contributed by atoms with Crippen molar-refractivity contribution < 1.29 is 14.3 Å². The number of hydrogen-bond donors (Lipinski definition) is 1. The van der Waals surface area contributed by atoms with E-state index in [4.69, 9.17) is 9.47 Å². The molecule has 8 heteroatoms. The number of hydrogen-bond acceptors (Lipinski definition) is 5. The Morgan fingerprint density at radius 1 is 1.12 bits per heavy atom. The van der Waals surface area contributed by atoms with E-state index in [1.165, 1.54) is 12.8 Å². The molecule has 0 aliphatic carbocycles. The molecule has 0 aromatic rings. The van der Waals surface area contributed by atoms with E-state index in [-0.39, 0.29) is 30.7 Å². The molecule has 0 bridgehead atoms. The van der Waals surface area contributed by atoms with E-state index in [2.05, 4.69) is 10.2 Å². The van der Waals surface area contributed by atoms with Crippen molar-refractivity contribution in [3.8, 4) is 0 Å². The summed E-state index contributed by atoms with van der Waals surface area (Å²) in [5, 5.41) is 3.31. The monoisotopic (exact) mass is 397 g/mol. The molecule has 0 saturated carbocycles. The van der Waals surface area contributed by atoms with Crippen LogP contribution in [0.5, 0.6) is 0 Å². The van der Waals surface area contributed by atoms with Crippen LogP contribution in [0.1, 0.15) is 25.7 Å². The average Bonchev–Trinajstić information content (AvgIpc) is 2.63. The van der Waals surface area contributed by atoms with Crippen molar-refractivity contribution in [1.82, 2.24) is 15.1 Å². The maximum Gasteiger partial charge on any atom is 0.254 e. The minimum Gasteiger partial charge on any atom is -0.381 e. The van der Waals surface area contributed by atoms with Crippen molar-refractivity contribution in [3.05, 3.63) is 0 Å². The number of halogens is 2. The Kier molecular flexibility index (Phi) is 10.00. The van der Waals surface area contributed by atoms with Crippen LogP contribution < -0.4 is 5.32 Å². The summed E-state index contributed by atoms with van der Waals surface area (Å²) >= 11 is 0. The summed E-state index contributed by atoms with van der Waals surface area (Å²) in [4.78, 5) is 17.5. The predicted molar refractivity (Wildman–Crippen MR) is 103 cm³/mol. The van der Waals surface area contributed by atoms with Crippen LogP contribution in [0.15, 0.2) is 0 Å². The SMILES string of the molecule is COC1(C(=O)N2CCN(CC3CCOCC3)CC2)CCNCC1.Cl.Cl. The Morgan fingerprint density at radius 2 is 1.72 bits per heavy atom. The molecule has 1 N–H and O–H groups in total. The van der Waals surface area contributed by atoms with Crippen LogP contribution in [0.3, 0.4) is 0 Å². The quantitative estimate of drug-likeness (QED) is 0.771. The number of carbonyl (C=O) groups is 1. The maximum atomic E-state index is 12.9. The number of carbonyl (C=O) groups excluding carboxylic acids is 1. The first-order valence-corrected chi connectivity index (χ1v) is 9.09. The number of piperazine rings is 1. The number of piperidine rings is 1. The zero-order chi connectivity index (χ0) is 16.1. The number of rotatable bonds is 4. The lowest BCUT2D eigenvalue weighted by atomic mass is 9.90. The molecule has 3 aliphatic rings. The molecule has 0 atom stereocenters. The third-order valence-electron chi connectivity index (χ3n) is 5.71. The molecule has 0 aromatic carbocycles. The zero-order valence-electron chi connectivity index (χ0n) is 15.2. The number of methoxy groups -OCH3 is 1. The molecule has 0 unspecified atom stereocenters. The van der Waals surface area contributed by atoms with Crippen molar-refractivity contribution >= 4 is 30.7 Å². The Morgan fingerprint density at radius 3 is 2.28 bits per heavy atom. The van der Waals surface area contributed by atoms with Crippen molar-refractivity contribution in [2.75, 3.05) is 66.1 Å². The van der Waals surface area contributed by atoms with E-state index in [9.17, 15) is 4.79 Å². The van der Waals surface area contributed by atoms with E-state index in [0.717, 1.165) is 77.8 Å². The summed E-state index contributed by atoms with van der Waals surface area (Å²) in [6.45, 7) is 8.35. The molecular formula is C17H33Cl2N3O3. The average molecular weight is 398 g/mol. The molecule has 3 heterocycles. The molecular weight excluding hydrogens is 365 g/mol. The Labute approximate surface area is 163 Å². The fourth-order valence-corrected chi connectivity index (χ4v) is 4.05. The molecule has 3 aliphatic heterocycles. The summed E-state index contributed by atoms with van der Waals surface area (Å²) < 4.78 is 11.1. The third-order valence-corrected chi connectivity index (χ3v) is 5.71. The van der Waals surface area contributed by atoms with Gasteiger partial charge < -0.3 is 19.7 Å². The smallest absolute Gasteiger partial charge is 0.254 e. The van der Waals surface area contributed by atoms with Gasteiger partial charge in [-0.3, -0.25) is 9.69 Å². The maximum absolute atomic E-state index is 12.9.